The molecule has 1 amide bonds. The van der Waals surface area contributed by atoms with Gasteiger partial charge < -0.3 is 4.90 Å². The van der Waals surface area contributed by atoms with E-state index in [1.165, 1.54) is 25.7 Å². The smallest absolute Gasteiger partial charge is 0.255 e. The first-order chi connectivity index (χ1) is 11.7. The van der Waals surface area contributed by atoms with Crippen LogP contribution in [0.3, 0.4) is 0 Å². The summed E-state index contributed by atoms with van der Waals surface area (Å²) in [7, 11) is 0. The number of carbonyl (C=O) groups excluding carboxylic acids is 1. The van der Waals surface area contributed by atoms with E-state index in [0.717, 1.165) is 18.8 Å². The Bertz CT molecular complexity index is 693. The number of carbonyl (C=O) groups is 1. The topological polar surface area (TPSA) is 51.0 Å². The molecule has 0 unspecified atom stereocenters. The summed E-state index contributed by atoms with van der Waals surface area (Å²) in [6.45, 7) is 3.19. The van der Waals surface area contributed by atoms with Gasteiger partial charge in [0, 0.05) is 31.2 Å². The minimum Gasteiger partial charge on any atom is -0.335 e. The second-order valence-corrected chi connectivity index (χ2v) is 7.17. The maximum Gasteiger partial charge on any atom is 0.255 e. The molecule has 2 aromatic heterocycles. The molecule has 2 aromatic rings. The first-order valence-electron chi connectivity index (χ1n) is 8.99. The zero-order chi connectivity index (χ0) is 16.5. The molecule has 126 valence electrons. The van der Waals surface area contributed by atoms with E-state index in [-0.39, 0.29) is 5.91 Å². The zero-order valence-corrected chi connectivity index (χ0v) is 14.1. The molecule has 1 aliphatic carbocycles. The molecule has 0 bridgehead atoms. The molecule has 0 radical (unpaired) electrons. The number of likely N-dealkylation sites (tertiary alicyclic amines) is 1. The van der Waals surface area contributed by atoms with Crippen molar-refractivity contribution in [2.24, 2.45) is 11.8 Å². The monoisotopic (exact) mass is 324 g/mol. The van der Waals surface area contributed by atoms with Crippen molar-refractivity contribution in [2.75, 3.05) is 6.54 Å². The highest BCUT2D eigenvalue weighted by Gasteiger charge is 2.39. The number of pyridine rings is 1. The van der Waals surface area contributed by atoms with Gasteiger partial charge in [-0.15, -0.1) is 0 Å². The van der Waals surface area contributed by atoms with Crippen molar-refractivity contribution in [1.82, 2.24) is 19.4 Å². The first-order valence-corrected chi connectivity index (χ1v) is 8.99. The average Bonchev–Trinajstić information content (AvgIpc) is 3.16. The van der Waals surface area contributed by atoms with Crippen molar-refractivity contribution in [3.8, 4) is 5.82 Å². The number of amides is 1. The van der Waals surface area contributed by atoms with Crippen LogP contribution in [0.5, 0.6) is 0 Å². The van der Waals surface area contributed by atoms with Gasteiger partial charge in [0.15, 0.2) is 0 Å². The fraction of sp³-hybridized carbons (Fsp3) is 0.526. The number of aromatic nitrogens is 3. The van der Waals surface area contributed by atoms with Crippen LogP contribution < -0.4 is 0 Å². The quantitative estimate of drug-likeness (QED) is 0.851. The summed E-state index contributed by atoms with van der Waals surface area (Å²) in [6.07, 6.45) is 13.2. The van der Waals surface area contributed by atoms with Crippen LogP contribution in [-0.2, 0) is 0 Å². The molecular formula is C19H24N4O. The highest BCUT2D eigenvalue weighted by molar-refractivity contribution is 5.94. The molecular weight excluding hydrogens is 300 g/mol. The summed E-state index contributed by atoms with van der Waals surface area (Å²) in [6, 6.07) is 4.19. The van der Waals surface area contributed by atoms with Crippen LogP contribution in [0.2, 0.25) is 0 Å². The van der Waals surface area contributed by atoms with E-state index in [4.69, 9.17) is 0 Å². The molecule has 5 heteroatoms. The number of hydrogen-bond acceptors (Lipinski definition) is 3. The van der Waals surface area contributed by atoms with Gasteiger partial charge in [-0.3, -0.25) is 9.36 Å². The van der Waals surface area contributed by atoms with Crippen molar-refractivity contribution in [2.45, 2.75) is 45.1 Å². The largest absolute Gasteiger partial charge is 0.335 e. The van der Waals surface area contributed by atoms with E-state index < -0.39 is 0 Å². The third kappa shape index (κ3) is 2.72. The Morgan fingerprint density at radius 1 is 1.21 bits per heavy atom. The van der Waals surface area contributed by atoms with E-state index in [0.29, 0.717) is 23.4 Å². The van der Waals surface area contributed by atoms with Gasteiger partial charge in [-0.2, -0.15) is 0 Å². The summed E-state index contributed by atoms with van der Waals surface area (Å²) in [5.41, 5.74) is 0.692. The number of imidazole rings is 1. The standard InChI is InChI=1S/C19H24N4O/c1-14-4-2-5-15-6-3-10-23(18(14)15)19(24)16-7-8-17(21-12-16)22-11-9-20-13-22/h7-9,11-15,18H,2-6,10H2,1H3/t14-,15-,18+/m1/s1. The van der Waals surface area contributed by atoms with Crippen LogP contribution >= 0.6 is 0 Å². The normalized spacial score (nSPS) is 26.9. The van der Waals surface area contributed by atoms with Crippen molar-refractivity contribution in [3.63, 3.8) is 0 Å². The number of hydrogen-bond donors (Lipinski definition) is 0. The van der Waals surface area contributed by atoms with Crippen molar-refractivity contribution >= 4 is 5.91 Å². The summed E-state index contributed by atoms with van der Waals surface area (Å²) in [5.74, 6) is 2.21. The van der Waals surface area contributed by atoms with Crippen LogP contribution in [0.25, 0.3) is 5.82 Å². The molecule has 3 heterocycles. The van der Waals surface area contributed by atoms with Gasteiger partial charge in [-0.25, -0.2) is 9.97 Å². The Balaban J connectivity index is 1.56. The van der Waals surface area contributed by atoms with E-state index in [9.17, 15) is 4.79 Å². The Kier molecular flexibility index (Phi) is 4.08. The average molecular weight is 324 g/mol. The second kappa shape index (κ2) is 6.38. The fourth-order valence-electron chi connectivity index (χ4n) is 4.52. The lowest BCUT2D eigenvalue weighted by molar-refractivity contribution is 0.0211. The SMILES string of the molecule is C[C@@H]1CCC[C@@H]2CCCN(C(=O)c3ccc(-n4ccnc4)nc3)[C@H]21. The number of piperidine rings is 1. The Morgan fingerprint density at radius 3 is 2.83 bits per heavy atom. The number of rotatable bonds is 2. The van der Waals surface area contributed by atoms with Crippen molar-refractivity contribution in [3.05, 3.63) is 42.6 Å². The zero-order valence-electron chi connectivity index (χ0n) is 14.1. The molecule has 4 rings (SSSR count). The van der Waals surface area contributed by atoms with Crippen LogP contribution in [0, 0.1) is 11.8 Å². The van der Waals surface area contributed by atoms with Crippen LogP contribution in [0.4, 0.5) is 0 Å². The maximum absolute atomic E-state index is 13.1. The van der Waals surface area contributed by atoms with Crippen molar-refractivity contribution in [1.29, 1.82) is 0 Å². The molecule has 0 spiro atoms. The second-order valence-electron chi connectivity index (χ2n) is 7.17. The van der Waals surface area contributed by atoms with Gasteiger partial charge in [-0.1, -0.05) is 13.3 Å². The first kappa shape index (κ1) is 15.4. The van der Waals surface area contributed by atoms with E-state index in [1.807, 2.05) is 22.9 Å². The van der Waals surface area contributed by atoms with E-state index in [2.05, 4.69) is 21.8 Å². The van der Waals surface area contributed by atoms with Gasteiger partial charge in [0.25, 0.3) is 5.91 Å². The van der Waals surface area contributed by atoms with Gasteiger partial charge in [0.1, 0.15) is 12.1 Å². The summed E-state index contributed by atoms with van der Waals surface area (Å²) in [4.78, 5) is 23.7. The predicted octanol–water partition coefficient (Wildman–Crippen LogP) is 3.31. The third-order valence-corrected chi connectivity index (χ3v) is 5.66. The Morgan fingerprint density at radius 2 is 2.08 bits per heavy atom. The molecule has 0 N–H and O–H groups in total. The predicted molar refractivity (Wildman–Crippen MR) is 91.9 cm³/mol. The fourth-order valence-corrected chi connectivity index (χ4v) is 4.52. The van der Waals surface area contributed by atoms with Crippen molar-refractivity contribution < 1.29 is 4.79 Å². The highest BCUT2D eigenvalue weighted by Crippen LogP contribution is 2.39. The minimum absolute atomic E-state index is 0.142. The molecule has 5 nitrogen and oxygen atoms in total. The third-order valence-electron chi connectivity index (χ3n) is 5.66. The van der Waals surface area contributed by atoms with Crippen LogP contribution in [0.15, 0.2) is 37.1 Å². The summed E-state index contributed by atoms with van der Waals surface area (Å²) >= 11 is 0. The van der Waals surface area contributed by atoms with Crippen LogP contribution in [0.1, 0.15) is 49.4 Å². The Labute approximate surface area is 142 Å². The molecule has 1 saturated carbocycles. The summed E-state index contributed by atoms with van der Waals surface area (Å²) < 4.78 is 1.84. The minimum atomic E-state index is 0.142. The maximum atomic E-state index is 13.1. The van der Waals surface area contributed by atoms with Gasteiger partial charge in [-0.05, 0) is 49.7 Å². The Hall–Kier alpha value is -2.17. The molecule has 3 atom stereocenters. The highest BCUT2D eigenvalue weighted by atomic mass is 16.2. The van der Waals surface area contributed by atoms with Gasteiger partial charge in [0.2, 0.25) is 0 Å². The van der Waals surface area contributed by atoms with Crippen LogP contribution in [-0.4, -0.2) is 37.9 Å². The molecule has 2 fully saturated rings. The van der Waals surface area contributed by atoms with E-state index in [1.54, 1.807) is 18.7 Å². The lowest BCUT2D eigenvalue weighted by Gasteiger charge is -2.47. The number of nitrogens with zero attached hydrogens (tertiary/aromatic N) is 4. The molecule has 1 saturated heterocycles. The molecule has 1 aliphatic heterocycles. The number of fused-ring (bicyclic) bond motifs is 1. The van der Waals surface area contributed by atoms with Gasteiger partial charge >= 0.3 is 0 Å². The van der Waals surface area contributed by atoms with Gasteiger partial charge in [0.05, 0.1) is 5.56 Å². The molecule has 0 aromatic carbocycles. The van der Waals surface area contributed by atoms with E-state index >= 15 is 0 Å². The lowest BCUT2D eigenvalue weighted by atomic mass is 9.73. The summed E-state index contributed by atoms with van der Waals surface area (Å²) in [5, 5.41) is 0. The molecule has 24 heavy (non-hydrogen) atoms. The lowest BCUT2D eigenvalue weighted by Crippen LogP contribution is -2.53. The molecule has 2 aliphatic rings.